The van der Waals surface area contributed by atoms with Gasteiger partial charge in [-0.25, -0.2) is 0 Å². The molecule has 1 nitrogen and oxygen atoms in total. The Kier molecular flexibility index (Phi) is 4.57. The fourth-order valence-electron chi connectivity index (χ4n) is 1.99. The average molecular weight is 360 g/mol. The van der Waals surface area contributed by atoms with Gasteiger partial charge in [-0.15, -0.1) is 0 Å². The van der Waals surface area contributed by atoms with E-state index >= 15 is 0 Å². The molecular formula is C15H13BrCl2O. The smallest absolute Gasteiger partial charge is 0.106 e. The van der Waals surface area contributed by atoms with Crippen LogP contribution in [-0.2, 0) is 0 Å². The Morgan fingerprint density at radius 3 is 2.32 bits per heavy atom. The van der Waals surface area contributed by atoms with Gasteiger partial charge in [0, 0.05) is 20.1 Å². The van der Waals surface area contributed by atoms with Gasteiger partial charge in [0.05, 0.1) is 0 Å². The largest absolute Gasteiger partial charge is 0.384 e. The summed E-state index contributed by atoms with van der Waals surface area (Å²) in [4.78, 5) is 0. The van der Waals surface area contributed by atoms with Crippen molar-refractivity contribution in [2.75, 3.05) is 0 Å². The summed E-state index contributed by atoms with van der Waals surface area (Å²) < 4.78 is 1.03. The zero-order valence-electron chi connectivity index (χ0n) is 10.5. The van der Waals surface area contributed by atoms with E-state index in [1.165, 1.54) is 0 Å². The molecule has 2 aromatic carbocycles. The lowest BCUT2D eigenvalue weighted by Crippen LogP contribution is -2.03. The molecule has 0 aliphatic heterocycles. The van der Waals surface area contributed by atoms with Crippen molar-refractivity contribution in [1.29, 1.82) is 0 Å². The Labute approximate surface area is 131 Å². The monoisotopic (exact) mass is 358 g/mol. The molecule has 0 amide bonds. The van der Waals surface area contributed by atoms with Gasteiger partial charge < -0.3 is 5.11 Å². The van der Waals surface area contributed by atoms with E-state index < -0.39 is 6.10 Å². The fourth-order valence-corrected chi connectivity index (χ4v) is 2.96. The Hall–Kier alpha value is -0.540. The van der Waals surface area contributed by atoms with Gasteiger partial charge in [-0.05, 0) is 48.7 Å². The number of rotatable bonds is 2. The maximum Gasteiger partial charge on any atom is 0.106 e. The molecule has 1 N–H and O–H groups in total. The molecule has 0 saturated heterocycles. The number of aliphatic hydroxyl groups excluding tert-OH is 1. The first-order valence-corrected chi connectivity index (χ1v) is 7.34. The highest BCUT2D eigenvalue weighted by Crippen LogP contribution is 2.33. The molecule has 100 valence electrons. The second-order valence-corrected chi connectivity index (χ2v) is 6.22. The summed E-state index contributed by atoms with van der Waals surface area (Å²) in [5.41, 5.74) is 3.60. The molecule has 0 bridgehead atoms. The van der Waals surface area contributed by atoms with Crippen LogP contribution in [0.4, 0.5) is 0 Å². The molecule has 2 aromatic rings. The van der Waals surface area contributed by atoms with Gasteiger partial charge in [-0.1, -0.05) is 51.3 Å². The molecule has 0 radical (unpaired) electrons. The first kappa shape index (κ1) is 14.9. The minimum atomic E-state index is -0.753. The highest BCUT2D eigenvalue weighted by molar-refractivity contribution is 9.10. The molecule has 4 heteroatoms. The van der Waals surface area contributed by atoms with Crippen LogP contribution in [0.25, 0.3) is 0 Å². The molecule has 0 saturated carbocycles. The zero-order valence-corrected chi connectivity index (χ0v) is 13.6. The van der Waals surface area contributed by atoms with E-state index in [9.17, 15) is 5.11 Å². The third kappa shape index (κ3) is 3.14. The summed E-state index contributed by atoms with van der Waals surface area (Å²) in [6, 6.07) is 9.09. The lowest BCUT2D eigenvalue weighted by molar-refractivity contribution is 0.219. The van der Waals surface area contributed by atoms with Gasteiger partial charge in [0.1, 0.15) is 6.10 Å². The van der Waals surface area contributed by atoms with Crippen molar-refractivity contribution in [2.24, 2.45) is 0 Å². The number of benzene rings is 2. The molecular weight excluding hydrogens is 347 g/mol. The van der Waals surface area contributed by atoms with Crippen LogP contribution in [0.15, 0.2) is 34.8 Å². The van der Waals surface area contributed by atoms with Crippen LogP contribution >= 0.6 is 39.1 Å². The lowest BCUT2D eigenvalue weighted by Gasteiger charge is -2.17. The van der Waals surface area contributed by atoms with Crippen molar-refractivity contribution in [3.05, 3.63) is 67.1 Å². The first-order valence-electron chi connectivity index (χ1n) is 5.80. The number of hydrogen-bond acceptors (Lipinski definition) is 1. The Morgan fingerprint density at radius 1 is 1.00 bits per heavy atom. The average Bonchev–Trinajstić information content (AvgIpc) is 2.33. The van der Waals surface area contributed by atoms with Gasteiger partial charge in [-0.3, -0.25) is 0 Å². The van der Waals surface area contributed by atoms with Crippen LogP contribution < -0.4 is 0 Å². The summed E-state index contributed by atoms with van der Waals surface area (Å²) in [5, 5.41) is 11.5. The van der Waals surface area contributed by atoms with E-state index in [0.29, 0.717) is 15.6 Å². The fraction of sp³-hybridized carbons (Fsp3) is 0.200. The molecule has 0 aromatic heterocycles. The van der Waals surface area contributed by atoms with Gasteiger partial charge in [0.25, 0.3) is 0 Å². The Morgan fingerprint density at radius 2 is 1.68 bits per heavy atom. The summed E-state index contributed by atoms with van der Waals surface area (Å²) >= 11 is 15.5. The van der Waals surface area contributed by atoms with Crippen molar-refractivity contribution in [3.8, 4) is 0 Å². The van der Waals surface area contributed by atoms with Crippen LogP contribution in [0, 0.1) is 13.8 Å². The molecule has 2 rings (SSSR count). The lowest BCUT2D eigenvalue weighted by atomic mass is 9.96. The van der Waals surface area contributed by atoms with Crippen molar-refractivity contribution >= 4 is 39.1 Å². The molecule has 0 fully saturated rings. The Bertz CT molecular complexity index is 626. The van der Waals surface area contributed by atoms with E-state index in [1.807, 2.05) is 26.0 Å². The topological polar surface area (TPSA) is 20.2 Å². The van der Waals surface area contributed by atoms with E-state index in [4.69, 9.17) is 23.2 Å². The molecule has 1 unspecified atom stereocenters. The van der Waals surface area contributed by atoms with Crippen molar-refractivity contribution < 1.29 is 5.11 Å². The number of hydrogen-bond donors (Lipinski definition) is 1. The highest BCUT2D eigenvalue weighted by atomic mass is 79.9. The summed E-state index contributed by atoms with van der Waals surface area (Å²) in [5.74, 6) is 0. The van der Waals surface area contributed by atoms with Crippen LogP contribution in [0.2, 0.25) is 10.0 Å². The zero-order chi connectivity index (χ0) is 14.2. The first-order chi connectivity index (χ1) is 8.90. The van der Waals surface area contributed by atoms with Crippen LogP contribution in [0.5, 0.6) is 0 Å². The second-order valence-electron chi connectivity index (χ2n) is 4.53. The summed E-state index contributed by atoms with van der Waals surface area (Å²) in [7, 11) is 0. The van der Waals surface area contributed by atoms with Crippen LogP contribution in [0.3, 0.4) is 0 Å². The second kappa shape index (κ2) is 5.84. The SMILES string of the molecule is Cc1cc(C(O)c2ccc(Cl)cc2Cl)c(C)cc1Br. The standard InChI is InChI=1S/C15H13BrCl2O/c1-8-6-13(16)9(2)5-12(8)15(19)11-4-3-10(17)7-14(11)18/h3-7,15,19H,1-2H3. The minimum Gasteiger partial charge on any atom is -0.384 e. The van der Waals surface area contributed by atoms with Gasteiger partial charge in [0.2, 0.25) is 0 Å². The normalized spacial score (nSPS) is 12.5. The molecule has 0 aliphatic rings. The number of aliphatic hydroxyl groups is 1. The third-order valence-electron chi connectivity index (χ3n) is 3.10. The Balaban J connectivity index is 2.49. The minimum absolute atomic E-state index is 0.472. The van der Waals surface area contributed by atoms with Gasteiger partial charge >= 0.3 is 0 Å². The number of aryl methyl sites for hydroxylation is 2. The summed E-state index contributed by atoms with van der Waals surface area (Å²) in [6.07, 6.45) is -0.753. The highest BCUT2D eigenvalue weighted by Gasteiger charge is 2.17. The van der Waals surface area contributed by atoms with Gasteiger partial charge in [0.15, 0.2) is 0 Å². The van der Waals surface area contributed by atoms with Gasteiger partial charge in [-0.2, -0.15) is 0 Å². The van der Waals surface area contributed by atoms with Crippen LogP contribution in [-0.4, -0.2) is 5.11 Å². The molecule has 0 heterocycles. The third-order valence-corrected chi connectivity index (χ3v) is 4.52. The van der Waals surface area contributed by atoms with E-state index in [1.54, 1.807) is 18.2 Å². The molecule has 19 heavy (non-hydrogen) atoms. The maximum absolute atomic E-state index is 10.5. The van der Waals surface area contributed by atoms with Crippen LogP contribution in [0.1, 0.15) is 28.4 Å². The quantitative estimate of drug-likeness (QED) is 0.755. The molecule has 1 atom stereocenters. The van der Waals surface area contributed by atoms with Crippen molar-refractivity contribution in [3.63, 3.8) is 0 Å². The molecule has 0 spiro atoms. The van der Waals surface area contributed by atoms with Crippen molar-refractivity contribution in [2.45, 2.75) is 20.0 Å². The van der Waals surface area contributed by atoms with Crippen molar-refractivity contribution in [1.82, 2.24) is 0 Å². The predicted octanol–water partition coefficient (Wildman–Crippen LogP) is 5.45. The van der Waals surface area contributed by atoms with E-state index in [2.05, 4.69) is 15.9 Å². The summed E-state index contributed by atoms with van der Waals surface area (Å²) in [6.45, 7) is 3.95. The number of halogens is 3. The molecule has 0 aliphatic carbocycles. The van der Waals surface area contributed by atoms with E-state index in [-0.39, 0.29) is 0 Å². The predicted molar refractivity (Wildman–Crippen MR) is 84.1 cm³/mol. The van der Waals surface area contributed by atoms with E-state index in [0.717, 1.165) is 21.2 Å². The maximum atomic E-state index is 10.5.